The Balaban J connectivity index is 1.79. The third-order valence-corrected chi connectivity index (χ3v) is 3.96. The van der Waals surface area contributed by atoms with Crippen LogP contribution < -0.4 is 0 Å². The molecule has 2 atom stereocenters. The first-order valence-electron chi connectivity index (χ1n) is 8.10. The molecule has 2 aliphatic heterocycles. The number of esters is 2. The average Bonchev–Trinajstić information content (AvgIpc) is 2.47. The van der Waals surface area contributed by atoms with E-state index in [1.807, 2.05) is 0 Å². The van der Waals surface area contributed by atoms with Crippen molar-refractivity contribution in [1.82, 2.24) is 14.7 Å². The molecule has 0 aromatic carbocycles. The topological polar surface area (TPSA) is 143 Å². The molecule has 0 aromatic rings. The van der Waals surface area contributed by atoms with Gasteiger partial charge in [0.05, 0.1) is 26.2 Å². The van der Waals surface area contributed by atoms with Gasteiger partial charge in [-0.25, -0.2) is 0 Å². The van der Waals surface area contributed by atoms with Crippen molar-refractivity contribution >= 4 is 11.9 Å². The van der Waals surface area contributed by atoms with E-state index in [1.54, 1.807) is 14.7 Å². The van der Waals surface area contributed by atoms with E-state index in [0.717, 1.165) is 0 Å². The maximum atomic E-state index is 11.3. The monoisotopic (exact) mass is 363 g/mol. The molecule has 144 valence electrons. The summed E-state index contributed by atoms with van der Waals surface area (Å²) in [6, 6.07) is 0. The van der Waals surface area contributed by atoms with Crippen LogP contribution >= 0.6 is 0 Å². The molecule has 2 heterocycles. The third kappa shape index (κ3) is 7.20. The molecule has 0 amide bonds. The minimum Gasteiger partial charge on any atom is -0.434 e. The highest BCUT2D eigenvalue weighted by molar-refractivity contribution is 5.72. The van der Waals surface area contributed by atoms with Gasteiger partial charge >= 0.3 is 11.9 Å². The highest BCUT2D eigenvalue weighted by Gasteiger charge is 2.27. The van der Waals surface area contributed by atoms with Gasteiger partial charge in [0.2, 0.25) is 12.6 Å². The van der Waals surface area contributed by atoms with Crippen molar-refractivity contribution in [2.24, 2.45) is 0 Å². The summed E-state index contributed by atoms with van der Waals surface area (Å²) in [6.07, 6.45) is -3.83. The smallest absolute Gasteiger partial charge is 0.322 e. The number of rotatable bonds is 8. The lowest BCUT2D eigenvalue weighted by atomic mass is 10.3. The lowest BCUT2D eigenvalue weighted by molar-refractivity contribution is -0.184. The first-order valence-corrected chi connectivity index (χ1v) is 8.10. The Bertz CT molecular complexity index is 427. The van der Waals surface area contributed by atoms with Crippen LogP contribution in [-0.4, -0.2) is 125 Å². The number of β-amino-alcohol motifs (C(OH)–C–C–N with tert-alkyl or cyclic N) is 2. The van der Waals surface area contributed by atoms with Crippen molar-refractivity contribution in [3.63, 3.8) is 0 Å². The van der Waals surface area contributed by atoms with Gasteiger partial charge < -0.3 is 29.9 Å². The van der Waals surface area contributed by atoms with Gasteiger partial charge in [0, 0.05) is 32.7 Å². The van der Waals surface area contributed by atoms with E-state index in [0.29, 0.717) is 26.2 Å². The largest absolute Gasteiger partial charge is 0.434 e. The zero-order chi connectivity index (χ0) is 18.4. The molecule has 11 heteroatoms. The van der Waals surface area contributed by atoms with Gasteiger partial charge in [-0.05, 0) is 0 Å². The summed E-state index contributed by atoms with van der Waals surface area (Å²) in [5, 5.41) is 37.3. The van der Waals surface area contributed by atoms with Crippen molar-refractivity contribution in [2.45, 2.75) is 18.9 Å². The molecule has 2 aliphatic rings. The molecule has 11 nitrogen and oxygen atoms in total. The number of aliphatic hydroxyl groups excluding tert-OH is 3. The first kappa shape index (κ1) is 20.0. The first-order chi connectivity index (χ1) is 11.8. The number of cyclic esters (lactones) is 2. The Labute approximate surface area is 144 Å². The van der Waals surface area contributed by atoms with Crippen LogP contribution in [0.25, 0.3) is 0 Å². The summed E-state index contributed by atoms with van der Waals surface area (Å²) in [6.45, 7) is 2.26. The SMILES string of the molecule is O=C1CN(CCN(CCN2CC(=O)OC(O)C2)CC(O)O)CC(O)O1. The van der Waals surface area contributed by atoms with Crippen LogP contribution in [0.3, 0.4) is 0 Å². The molecule has 25 heavy (non-hydrogen) atoms. The van der Waals surface area contributed by atoms with Crippen LogP contribution in [0.4, 0.5) is 0 Å². The Hall–Kier alpha value is -1.34. The zero-order valence-electron chi connectivity index (χ0n) is 13.9. The number of morpholine rings is 2. The predicted octanol–water partition coefficient (Wildman–Crippen LogP) is -4.05. The van der Waals surface area contributed by atoms with Gasteiger partial charge in [0.1, 0.15) is 0 Å². The lowest BCUT2D eigenvalue weighted by Gasteiger charge is -2.33. The summed E-state index contributed by atoms with van der Waals surface area (Å²) in [4.78, 5) is 27.8. The van der Waals surface area contributed by atoms with E-state index < -0.39 is 30.8 Å². The van der Waals surface area contributed by atoms with Gasteiger partial charge in [0.25, 0.3) is 0 Å². The van der Waals surface area contributed by atoms with Crippen molar-refractivity contribution in [2.75, 3.05) is 58.9 Å². The zero-order valence-corrected chi connectivity index (χ0v) is 13.9. The molecule has 2 saturated heterocycles. The van der Waals surface area contributed by atoms with Crippen molar-refractivity contribution in [3.8, 4) is 0 Å². The Morgan fingerprint density at radius 1 is 0.960 bits per heavy atom. The molecule has 2 fully saturated rings. The number of nitrogens with zero attached hydrogens (tertiary/aromatic N) is 3. The Kier molecular flexibility index (Phi) is 7.50. The second-order valence-electron chi connectivity index (χ2n) is 6.14. The van der Waals surface area contributed by atoms with Crippen molar-refractivity contribution in [3.05, 3.63) is 0 Å². The maximum absolute atomic E-state index is 11.3. The normalized spacial score (nSPS) is 26.2. The molecule has 0 aromatic heterocycles. The number of carbonyl (C=O) groups excluding carboxylic acids is 2. The van der Waals surface area contributed by atoms with Crippen LogP contribution in [0, 0.1) is 0 Å². The molecular formula is C14H25N3O8. The van der Waals surface area contributed by atoms with Gasteiger partial charge in [0.15, 0.2) is 6.29 Å². The number of hydrogen-bond acceptors (Lipinski definition) is 11. The molecule has 2 unspecified atom stereocenters. The summed E-state index contributed by atoms with van der Waals surface area (Å²) in [5.74, 6) is -1.01. The molecular weight excluding hydrogens is 338 g/mol. The van der Waals surface area contributed by atoms with Crippen LogP contribution in [0.2, 0.25) is 0 Å². The summed E-state index contributed by atoms with van der Waals surface area (Å²) < 4.78 is 9.28. The fourth-order valence-corrected chi connectivity index (χ4v) is 2.82. The molecule has 0 bridgehead atoms. The van der Waals surface area contributed by atoms with Gasteiger partial charge in [-0.1, -0.05) is 0 Å². The van der Waals surface area contributed by atoms with E-state index in [2.05, 4.69) is 9.47 Å². The van der Waals surface area contributed by atoms with E-state index in [1.165, 1.54) is 0 Å². The summed E-state index contributed by atoms with van der Waals surface area (Å²) >= 11 is 0. The van der Waals surface area contributed by atoms with E-state index in [-0.39, 0.29) is 32.7 Å². The van der Waals surface area contributed by atoms with Crippen molar-refractivity contribution in [1.29, 1.82) is 0 Å². The van der Waals surface area contributed by atoms with E-state index in [9.17, 15) is 30.0 Å². The third-order valence-electron chi connectivity index (χ3n) is 3.96. The molecule has 0 spiro atoms. The second-order valence-corrected chi connectivity index (χ2v) is 6.14. The fraction of sp³-hybridized carbons (Fsp3) is 0.857. The molecule has 0 saturated carbocycles. The number of hydrogen-bond donors (Lipinski definition) is 4. The van der Waals surface area contributed by atoms with Crippen LogP contribution in [0.5, 0.6) is 0 Å². The standard InChI is InChI=1S/C14H25N3O8/c18-10(19)5-15(1-3-16-6-11(20)24-12(21)7-16)2-4-17-8-13(22)25-14(23)9-17/h10-11,13,18-20,22H,1-9H2. The molecule has 2 rings (SSSR count). The summed E-state index contributed by atoms with van der Waals surface area (Å²) in [7, 11) is 0. The number of ether oxygens (including phenoxy) is 2. The van der Waals surface area contributed by atoms with E-state index in [4.69, 9.17) is 0 Å². The lowest BCUT2D eigenvalue weighted by Crippen LogP contribution is -2.50. The predicted molar refractivity (Wildman–Crippen MR) is 81.7 cm³/mol. The van der Waals surface area contributed by atoms with Gasteiger partial charge in [-0.3, -0.25) is 24.3 Å². The number of carbonyl (C=O) groups is 2. The Morgan fingerprint density at radius 3 is 1.76 bits per heavy atom. The second kappa shape index (κ2) is 9.38. The highest BCUT2D eigenvalue weighted by atomic mass is 16.6. The minimum atomic E-state index is -1.52. The average molecular weight is 363 g/mol. The number of aliphatic hydroxyl groups is 4. The van der Waals surface area contributed by atoms with Crippen molar-refractivity contribution < 1.29 is 39.5 Å². The molecule has 4 N–H and O–H groups in total. The molecule has 0 radical (unpaired) electrons. The quantitative estimate of drug-likeness (QED) is 0.247. The Morgan fingerprint density at radius 2 is 1.40 bits per heavy atom. The van der Waals surface area contributed by atoms with Gasteiger partial charge in [-0.2, -0.15) is 0 Å². The maximum Gasteiger partial charge on any atom is 0.322 e. The minimum absolute atomic E-state index is 0.00167. The van der Waals surface area contributed by atoms with Crippen LogP contribution in [-0.2, 0) is 19.1 Å². The molecule has 0 aliphatic carbocycles. The van der Waals surface area contributed by atoms with Crippen LogP contribution in [0.15, 0.2) is 0 Å². The highest BCUT2D eigenvalue weighted by Crippen LogP contribution is 2.06. The van der Waals surface area contributed by atoms with Crippen LogP contribution in [0.1, 0.15) is 0 Å². The summed E-state index contributed by atoms with van der Waals surface area (Å²) in [5.41, 5.74) is 0. The van der Waals surface area contributed by atoms with E-state index >= 15 is 0 Å². The fourth-order valence-electron chi connectivity index (χ4n) is 2.82. The van der Waals surface area contributed by atoms with Gasteiger partial charge in [-0.15, -0.1) is 0 Å².